The van der Waals surface area contributed by atoms with Crippen LogP contribution in [0.3, 0.4) is 0 Å². The van der Waals surface area contributed by atoms with Crippen molar-refractivity contribution in [2.45, 2.75) is 12.1 Å². The number of hydrogen-bond donors (Lipinski definition) is 1. The van der Waals surface area contributed by atoms with Gasteiger partial charge in [-0.2, -0.15) is 22.0 Å². The van der Waals surface area contributed by atoms with Gasteiger partial charge in [0, 0.05) is 6.20 Å². The Kier molecular flexibility index (Phi) is 2.85. The predicted octanol–water partition coefficient (Wildman–Crippen LogP) is 2.43. The summed E-state index contributed by atoms with van der Waals surface area (Å²) >= 11 is 0. The molecule has 1 N–H and O–H groups in total. The normalized spacial score (nSPS) is 12.6. The summed E-state index contributed by atoms with van der Waals surface area (Å²) in [7, 11) is 0. The number of alkyl halides is 5. The van der Waals surface area contributed by atoms with E-state index in [-0.39, 0.29) is 6.07 Å². The molecule has 3 nitrogen and oxygen atoms in total. The third-order valence-corrected chi connectivity index (χ3v) is 1.68. The van der Waals surface area contributed by atoms with E-state index in [0.29, 0.717) is 6.20 Å². The fourth-order valence-electron chi connectivity index (χ4n) is 0.880. The number of carbonyl (C=O) groups is 1. The van der Waals surface area contributed by atoms with E-state index in [2.05, 4.69) is 4.98 Å². The van der Waals surface area contributed by atoms with Gasteiger partial charge in [0.1, 0.15) is 5.69 Å². The summed E-state index contributed by atoms with van der Waals surface area (Å²) in [6.45, 7) is 0. The lowest BCUT2D eigenvalue weighted by atomic mass is 10.1. The maximum Gasteiger partial charge on any atom is 0.459 e. The van der Waals surface area contributed by atoms with Crippen LogP contribution in [0.4, 0.5) is 22.0 Å². The van der Waals surface area contributed by atoms with Gasteiger partial charge in [0.15, 0.2) is 0 Å². The summed E-state index contributed by atoms with van der Waals surface area (Å²) < 4.78 is 61.2. The number of aromatic carboxylic acids is 1. The van der Waals surface area contributed by atoms with Crippen molar-refractivity contribution in [3.8, 4) is 0 Å². The second-order valence-electron chi connectivity index (χ2n) is 2.81. The van der Waals surface area contributed by atoms with Crippen LogP contribution >= 0.6 is 0 Å². The molecule has 1 heterocycles. The fourth-order valence-corrected chi connectivity index (χ4v) is 0.880. The van der Waals surface area contributed by atoms with Gasteiger partial charge in [-0.15, -0.1) is 0 Å². The molecule has 8 heteroatoms. The molecule has 88 valence electrons. The molecule has 0 aliphatic carbocycles. The van der Waals surface area contributed by atoms with Gasteiger partial charge >= 0.3 is 18.1 Å². The van der Waals surface area contributed by atoms with Crippen LogP contribution in [0.1, 0.15) is 16.1 Å². The summed E-state index contributed by atoms with van der Waals surface area (Å²) in [6.07, 6.45) is -5.23. The van der Waals surface area contributed by atoms with Gasteiger partial charge < -0.3 is 5.11 Å². The maximum atomic E-state index is 12.7. The highest BCUT2D eigenvalue weighted by atomic mass is 19.4. The SMILES string of the molecule is O=C(O)c1ccnc(C(F)(F)C(F)(F)F)c1. The van der Waals surface area contributed by atoms with Gasteiger partial charge in [-0.1, -0.05) is 0 Å². The average molecular weight is 241 g/mol. The lowest BCUT2D eigenvalue weighted by molar-refractivity contribution is -0.290. The zero-order valence-corrected chi connectivity index (χ0v) is 7.42. The molecular formula is C8H4F5NO2. The first-order valence-corrected chi connectivity index (χ1v) is 3.80. The number of nitrogens with zero attached hydrogens (tertiary/aromatic N) is 1. The monoisotopic (exact) mass is 241 g/mol. The number of halogens is 5. The van der Waals surface area contributed by atoms with E-state index >= 15 is 0 Å². The highest BCUT2D eigenvalue weighted by Gasteiger charge is 2.59. The first-order valence-electron chi connectivity index (χ1n) is 3.80. The van der Waals surface area contributed by atoms with Gasteiger partial charge in [0.05, 0.1) is 5.56 Å². The van der Waals surface area contributed by atoms with E-state index in [1.54, 1.807) is 0 Å². The number of carboxylic acids is 1. The Balaban J connectivity index is 3.24. The average Bonchev–Trinajstić information content (AvgIpc) is 2.16. The van der Waals surface area contributed by atoms with Gasteiger partial charge in [0.2, 0.25) is 0 Å². The molecule has 0 aliphatic rings. The molecule has 0 aliphatic heterocycles. The van der Waals surface area contributed by atoms with Crippen molar-refractivity contribution in [3.05, 3.63) is 29.6 Å². The van der Waals surface area contributed by atoms with Gasteiger partial charge in [0.25, 0.3) is 0 Å². The van der Waals surface area contributed by atoms with Gasteiger partial charge in [-0.3, -0.25) is 4.98 Å². The molecule has 0 saturated heterocycles. The molecular weight excluding hydrogens is 237 g/mol. The minimum Gasteiger partial charge on any atom is -0.478 e. The summed E-state index contributed by atoms with van der Waals surface area (Å²) in [5.74, 6) is -6.78. The Bertz CT molecular complexity index is 415. The summed E-state index contributed by atoms with van der Waals surface area (Å²) in [5, 5.41) is 8.42. The van der Waals surface area contributed by atoms with E-state index in [0.717, 1.165) is 6.07 Å². The third kappa shape index (κ3) is 2.10. The van der Waals surface area contributed by atoms with E-state index in [1.165, 1.54) is 0 Å². The highest BCUT2D eigenvalue weighted by Crippen LogP contribution is 2.42. The van der Waals surface area contributed by atoms with Crippen molar-refractivity contribution in [1.82, 2.24) is 4.98 Å². The Hall–Kier alpha value is -1.73. The van der Waals surface area contributed by atoms with Crippen LogP contribution < -0.4 is 0 Å². The number of pyridine rings is 1. The molecule has 1 aromatic heterocycles. The molecule has 0 fully saturated rings. The van der Waals surface area contributed by atoms with Crippen LogP contribution in [0.2, 0.25) is 0 Å². The van der Waals surface area contributed by atoms with Crippen LogP contribution in [0.5, 0.6) is 0 Å². The summed E-state index contributed by atoms with van der Waals surface area (Å²) in [4.78, 5) is 13.2. The second-order valence-corrected chi connectivity index (χ2v) is 2.81. The van der Waals surface area contributed by atoms with Crippen molar-refractivity contribution in [2.24, 2.45) is 0 Å². The van der Waals surface area contributed by atoms with E-state index in [1.807, 2.05) is 0 Å². The number of hydrogen-bond acceptors (Lipinski definition) is 2. The third-order valence-electron chi connectivity index (χ3n) is 1.68. The summed E-state index contributed by atoms with van der Waals surface area (Å²) in [5.41, 5.74) is -2.33. The molecule has 0 bridgehead atoms. The Morgan fingerprint density at radius 2 is 1.81 bits per heavy atom. The standard InChI is InChI=1S/C8H4F5NO2/c9-7(10,8(11,12)13)5-3-4(6(15)16)1-2-14-5/h1-3H,(H,15,16). The molecule has 0 atom stereocenters. The molecule has 16 heavy (non-hydrogen) atoms. The van der Waals surface area contributed by atoms with Crippen LogP contribution in [0, 0.1) is 0 Å². The molecule has 1 aromatic rings. The lowest BCUT2D eigenvalue weighted by Gasteiger charge is -2.18. The van der Waals surface area contributed by atoms with E-state index in [9.17, 15) is 26.7 Å². The Labute approximate surface area is 85.5 Å². The lowest BCUT2D eigenvalue weighted by Crippen LogP contribution is -2.34. The zero-order chi connectivity index (χ0) is 12.6. The van der Waals surface area contributed by atoms with Crippen molar-refractivity contribution >= 4 is 5.97 Å². The first-order chi connectivity index (χ1) is 7.16. The highest BCUT2D eigenvalue weighted by molar-refractivity contribution is 5.87. The number of carboxylic acid groups (broad SMARTS) is 1. The molecule has 0 unspecified atom stereocenters. The largest absolute Gasteiger partial charge is 0.478 e. The molecule has 0 amide bonds. The maximum absolute atomic E-state index is 12.7. The van der Waals surface area contributed by atoms with Crippen molar-refractivity contribution in [1.29, 1.82) is 0 Å². The number of rotatable bonds is 2. The van der Waals surface area contributed by atoms with Crippen molar-refractivity contribution < 1.29 is 31.9 Å². The van der Waals surface area contributed by atoms with Crippen LogP contribution in [-0.2, 0) is 5.92 Å². The topological polar surface area (TPSA) is 50.2 Å². The van der Waals surface area contributed by atoms with E-state index < -0.39 is 29.3 Å². The molecule has 0 spiro atoms. The molecule has 0 radical (unpaired) electrons. The van der Waals surface area contributed by atoms with E-state index in [4.69, 9.17) is 5.11 Å². The molecule has 0 saturated carbocycles. The smallest absolute Gasteiger partial charge is 0.459 e. The Morgan fingerprint density at radius 1 is 1.25 bits per heavy atom. The quantitative estimate of drug-likeness (QED) is 0.809. The minimum absolute atomic E-state index is 0.190. The van der Waals surface area contributed by atoms with Gasteiger partial charge in [-0.05, 0) is 12.1 Å². The molecule has 1 rings (SSSR count). The first kappa shape index (κ1) is 12.3. The zero-order valence-electron chi connectivity index (χ0n) is 7.42. The fraction of sp³-hybridized carbons (Fsp3) is 0.250. The van der Waals surface area contributed by atoms with Gasteiger partial charge in [-0.25, -0.2) is 4.79 Å². The second kappa shape index (κ2) is 3.69. The van der Waals surface area contributed by atoms with Crippen molar-refractivity contribution in [3.63, 3.8) is 0 Å². The molecule has 0 aromatic carbocycles. The minimum atomic E-state index is -5.81. The van der Waals surface area contributed by atoms with Crippen LogP contribution in [0.25, 0.3) is 0 Å². The van der Waals surface area contributed by atoms with Crippen molar-refractivity contribution in [2.75, 3.05) is 0 Å². The predicted molar refractivity (Wildman–Crippen MR) is 41.1 cm³/mol. The Morgan fingerprint density at radius 3 is 2.25 bits per heavy atom. The number of aromatic nitrogens is 1. The summed E-state index contributed by atoms with van der Waals surface area (Å²) in [6, 6.07) is 1.01. The van der Waals surface area contributed by atoms with Crippen LogP contribution in [0.15, 0.2) is 18.3 Å². The van der Waals surface area contributed by atoms with Crippen LogP contribution in [-0.4, -0.2) is 22.2 Å².